The monoisotopic (exact) mass is 471 g/mol. The van der Waals surface area contributed by atoms with E-state index < -0.39 is 41.5 Å². The van der Waals surface area contributed by atoms with Crippen LogP contribution in [0.1, 0.15) is 34.2 Å². The second kappa shape index (κ2) is 8.64. The van der Waals surface area contributed by atoms with Crippen LogP contribution in [0.3, 0.4) is 0 Å². The van der Waals surface area contributed by atoms with Gasteiger partial charge in [-0.3, -0.25) is 9.69 Å². The van der Waals surface area contributed by atoms with E-state index >= 15 is 0 Å². The van der Waals surface area contributed by atoms with E-state index in [2.05, 4.69) is 15.5 Å². The molecule has 0 radical (unpaired) electrons. The molecule has 4 nitrogen and oxygen atoms in total. The summed E-state index contributed by atoms with van der Waals surface area (Å²) >= 11 is 0. The van der Waals surface area contributed by atoms with Crippen LogP contribution in [0.2, 0.25) is 0 Å². The van der Waals surface area contributed by atoms with Crippen molar-refractivity contribution in [3.8, 4) is 0 Å². The van der Waals surface area contributed by atoms with E-state index in [4.69, 9.17) is 0 Å². The zero-order valence-electron chi connectivity index (χ0n) is 17.6. The number of halogens is 6. The minimum atomic E-state index is -4.94. The van der Waals surface area contributed by atoms with Gasteiger partial charge >= 0.3 is 12.4 Å². The summed E-state index contributed by atoms with van der Waals surface area (Å²) in [6.07, 6.45) is -8.72. The second-order valence-electron chi connectivity index (χ2n) is 8.35. The average Bonchev–Trinajstić information content (AvgIpc) is 3.17. The fraction of sp³-hybridized carbons (Fsp3) is 0.435. The van der Waals surface area contributed by atoms with Gasteiger partial charge in [0.2, 0.25) is 5.91 Å². The molecule has 178 valence electrons. The molecule has 0 unspecified atom stereocenters. The average molecular weight is 471 g/mol. The molecule has 1 atom stereocenters. The summed E-state index contributed by atoms with van der Waals surface area (Å²) in [5, 5.41) is 5.87. The first-order chi connectivity index (χ1) is 15.5. The molecule has 1 heterocycles. The van der Waals surface area contributed by atoms with E-state index in [1.807, 2.05) is 24.3 Å². The Kier molecular flexibility index (Phi) is 6.17. The van der Waals surface area contributed by atoms with Crippen LogP contribution >= 0.6 is 0 Å². The van der Waals surface area contributed by atoms with Crippen molar-refractivity contribution in [1.29, 1.82) is 0 Å². The molecule has 10 heteroatoms. The maximum Gasteiger partial charge on any atom is 0.416 e. The minimum absolute atomic E-state index is 0.0841. The van der Waals surface area contributed by atoms with Crippen LogP contribution in [0.4, 0.5) is 26.3 Å². The van der Waals surface area contributed by atoms with Crippen LogP contribution in [-0.4, -0.2) is 37.0 Å². The number of aryl methyl sites for hydroxylation is 1. The van der Waals surface area contributed by atoms with E-state index in [0.29, 0.717) is 51.2 Å². The van der Waals surface area contributed by atoms with Gasteiger partial charge in [-0.15, -0.1) is 0 Å². The summed E-state index contributed by atoms with van der Waals surface area (Å²) in [6, 6.07) is 8.90. The van der Waals surface area contributed by atoms with E-state index in [9.17, 15) is 31.1 Å². The Morgan fingerprint density at radius 2 is 1.58 bits per heavy atom. The summed E-state index contributed by atoms with van der Waals surface area (Å²) in [6.45, 7) is 2.12. The van der Waals surface area contributed by atoms with Gasteiger partial charge in [0.1, 0.15) is 5.54 Å². The summed E-state index contributed by atoms with van der Waals surface area (Å²) in [7, 11) is 0. The number of amides is 1. The quantitative estimate of drug-likeness (QED) is 0.661. The standard InChI is InChI=1S/C23H23F6N3O/c24-22(25,26)17-11-15(12-18(13-17)23(27,28)29)14-31-20(33)21(32-9-7-30-8-10-32)6-5-16-3-1-2-4-19(16)21/h1-4,11-13,30H,5-10,14H2,(H,31,33)/t21-/m0/s1. The van der Waals surface area contributed by atoms with Gasteiger partial charge in [0, 0.05) is 32.7 Å². The number of benzene rings is 2. The molecule has 33 heavy (non-hydrogen) atoms. The number of carbonyl (C=O) groups is 1. The summed E-state index contributed by atoms with van der Waals surface area (Å²) < 4.78 is 79.1. The SMILES string of the molecule is O=C(NCc1cc(C(F)(F)F)cc(C(F)(F)F)c1)[C@]1(N2CCNCC2)CCc2ccccc21. The third-order valence-corrected chi connectivity index (χ3v) is 6.35. The predicted octanol–water partition coefficient (Wildman–Crippen LogP) is 4.09. The Morgan fingerprint density at radius 3 is 2.18 bits per heavy atom. The molecule has 2 N–H and O–H groups in total. The highest BCUT2D eigenvalue weighted by atomic mass is 19.4. The number of nitrogens with zero attached hydrogens (tertiary/aromatic N) is 1. The van der Waals surface area contributed by atoms with Crippen LogP contribution in [0.25, 0.3) is 0 Å². The van der Waals surface area contributed by atoms with Gasteiger partial charge < -0.3 is 10.6 Å². The van der Waals surface area contributed by atoms with Crippen LogP contribution in [0.15, 0.2) is 42.5 Å². The van der Waals surface area contributed by atoms with Crippen LogP contribution in [0.5, 0.6) is 0 Å². The molecule has 1 fully saturated rings. The lowest BCUT2D eigenvalue weighted by Gasteiger charge is -2.43. The Bertz CT molecular complexity index is 997. The number of rotatable bonds is 4. The first-order valence-corrected chi connectivity index (χ1v) is 10.6. The molecular weight excluding hydrogens is 448 g/mol. The molecule has 2 aromatic carbocycles. The highest BCUT2D eigenvalue weighted by Crippen LogP contribution is 2.42. The van der Waals surface area contributed by atoms with Crippen LogP contribution < -0.4 is 10.6 Å². The lowest BCUT2D eigenvalue weighted by atomic mass is 9.87. The van der Waals surface area contributed by atoms with Crippen LogP contribution in [0, 0.1) is 0 Å². The highest BCUT2D eigenvalue weighted by Gasteiger charge is 2.49. The van der Waals surface area contributed by atoms with Crippen molar-refractivity contribution in [3.63, 3.8) is 0 Å². The Labute approximate surface area is 187 Å². The molecule has 1 aliphatic heterocycles. The summed E-state index contributed by atoms with van der Waals surface area (Å²) in [5.74, 6) is -0.416. The number of hydrogen-bond donors (Lipinski definition) is 2. The van der Waals surface area contributed by atoms with Gasteiger partial charge in [0.25, 0.3) is 0 Å². The number of alkyl halides is 6. The maximum atomic E-state index is 13.5. The largest absolute Gasteiger partial charge is 0.416 e. The molecule has 2 aliphatic rings. The lowest BCUT2D eigenvalue weighted by Crippen LogP contribution is -2.60. The fourth-order valence-corrected chi connectivity index (χ4v) is 4.80. The van der Waals surface area contributed by atoms with Crippen LogP contribution in [-0.2, 0) is 35.7 Å². The number of carbonyl (C=O) groups excluding carboxylic acids is 1. The van der Waals surface area contributed by atoms with Crippen molar-refractivity contribution >= 4 is 5.91 Å². The molecule has 0 spiro atoms. The molecule has 0 aromatic heterocycles. The van der Waals surface area contributed by atoms with Gasteiger partial charge in [-0.25, -0.2) is 0 Å². The molecule has 4 rings (SSSR count). The number of hydrogen-bond acceptors (Lipinski definition) is 3. The van der Waals surface area contributed by atoms with E-state index in [1.165, 1.54) is 0 Å². The second-order valence-corrected chi connectivity index (χ2v) is 8.35. The molecule has 1 aliphatic carbocycles. The topological polar surface area (TPSA) is 44.4 Å². The number of nitrogens with one attached hydrogen (secondary N) is 2. The third kappa shape index (κ3) is 4.59. The lowest BCUT2D eigenvalue weighted by molar-refractivity contribution is -0.143. The summed E-state index contributed by atoms with van der Waals surface area (Å²) in [5.41, 5.74) is -2.21. The van der Waals surface area contributed by atoms with Crippen molar-refractivity contribution < 1.29 is 31.1 Å². The minimum Gasteiger partial charge on any atom is -0.350 e. The third-order valence-electron chi connectivity index (χ3n) is 6.35. The van der Waals surface area contributed by atoms with Crippen molar-refractivity contribution in [2.45, 2.75) is 37.3 Å². The van der Waals surface area contributed by atoms with Crippen molar-refractivity contribution in [2.24, 2.45) is 0 Å². The van der Waals surface area contributed by atoms with Gasteiger partial charge in [-0.1, -0.05) is 24.3 Å². The Morgan fingerprint density at radius 1 is 0.970 bits per heavy atom. The van der Waals surface area contributed by atoms with E-state index in [0.717, 1.165) is 11.1 Å². The number of fused-ring (bicyclic) bond motifs is 1. The maximum absolute atomic E-state index is 13.5. The van der Waals surface area contributed by atoms with Crippen molar-refractivity contribution in [1.82, 2.24) is 15.5 Å². The molecule has 2 aromatic rings. The van der Waals surface area contributed by atoms with Crippen molar-refractivity contribution in [2.75, 3.05) is 26.2 Å². The molecule has 1 amide bonds. The normalized spacial score (nSPS) is 21.6. The van der Waals surface area contributed by atoms with Gasteiger partial charge in [0.15, 0.2) is 0 Å². The van der Waals surface area contributed by atoms with E-state index in [1.54, 1.807) is 0 Å². The Balaban J connectivity index is 1.64. The Hall–Kier alpha value is -2.59. The molecule has 0 saturated carbocycles. The first-order valence-electron chi connectivity index (χ1n) is 10.6. The number of piperazine rings is 1. The molecule has 1 saturated heterocycles. The van der Waals surface area contributed by atoms with Gasteiger partial charge in [-0.05, 0) is 47.7 Å². The first kappa shape index (κ1) is 23.6. The van der Waals surface area contributed by atoms with Gasteiger partial charge in [-0.2, -0.15) is 26.3 Å². The molecular formula is C23H23F6N3O. The predicted molar refractivity (Wildman–Crippen MR) is 109 cm³/mol. The zero-order chi connectivity index (χ0) is 23.9. The highest BCUT2D eigenvalue weighted by molar-refractivity contribution is 5.89. The van der Waals surface area contributed by atoms with E-state index in [-0.39, 0.29) is 11.6 Å². The fourth-order valence-electron chi connectivity index (χ4n) is 4.80. The van der Waals surface area contributed by atoms with Crippen molar-refractivity contribution in [3.05, 3.63) is 70.3 Å². The molecule has 0 bridgehead atoms. The van der Waals surface area contributed by atoms with Gasteiger partial charge in [0.05, 0.1) is 11.1 Å². The smallest absolute Gasteiger partial charge is 0.350 e. The summed E-state index contributed by atoms with van der Waals surface area (Å²) in [4.78, 5) is 15.6. The zero-order valence-corrected chi connectivity index (χ0v) is 17.6.